The third-order valence-corrected chi connectivity index (χ3v) is 2.15. The van der Waals surface area contributed by atoms with Crippen LogP contribution in [0.3, 0.4) is 0 Å². The van der Waals surface area contributed by atoms with Crippen molar-refractivity contribution in [2.24, 2.45) is 0 Å². The smallest absolute Gasteiger partial charge is 0.120 e. The lowest BCUT2D eigenvalue weighted by Crippen LogP contribution is -2.12. The van der Waals surface area contributed by atoms with Gasteiger partial charge < -0.3 is 9.84 Å². The van der Waals surface area contributed by atoms with E-state index in [1.807, 2.05) is 19.9 Å². The maximum Gasteiger partial charge on any atom is 0.120 e. The van der Waals surface area contributed by atoms with E-state index in [0.29, 0.717) is 5.75 Å². The van der Waals surface area contributed by atoms with E-state index in [1.165, 1.54) is 0 Å². The predicted octanol–water partition coefficient (Wildman–Crippen LogP) is 3.48. The van der Waals surface area contributed by atoms with Crippen LogP contribution in [0.25, 0.3) is 0 Å². The fraction of sp³-hybridized carbons (Fsp3) is 0.538. The van der Waals surface area contributed by atoms with Gasteiger partial charge in [0.15, 0.2) is 0 Å². The molecule has 0 radical (unpaired) electrons. The lowest BCUT2D eigenvalue weighted by molar-refractivity contribution is 0.241. The van der Waals surface area contributed by atoms with E-state index in [1.54, 1.807) is 12.1 Å². The molecular formula is C13H20O2. The molecular weight excluding hydrogens is 188 g/mol. The lowest BCUT2D eigenvalue weighted by atomic mass is 9.86. The van der Waals surface area contributed by atoms with Crippen molar-refractivity contribution in [2.45, 2.75) is 46.1 Å². The highest BCUT2D eigenvalue weighted by Crippen LogP contribution is 2.33. The van der Waals surface area contributed by atoms with Gasteiger partial charge in [0.2, 0.25) is 0 Å². The van der Waals surface area contributed by atoms with Gasteiger partial charge in [0, 0.05) is 5.56 Å². The van der Waals surface area contributed by atoms with Crippen LogP contribution in [0.15, 0.2) is 18.2 Å². The van der Waals surface area contributed by atoms with Crippen LogP contribution in [0.2, 0.25) is 0 Å². The fourth-order valence-electron chi connectivity index (χ4n) is 1.46. The van der Waals surface area contributed by atoms with Crippen LogP contribution < -0.4 is 4.74 Å². The van der Waals surface area contributed by atoms with Gasteiger partial charge in [-0.2, -0.15) is 0 Å². The first-order valence-electron chi connectivity index (χ1n) is 5.31. The molecule has 84 valence electrons. The molecule has 0 heterocycles. The molecule has 0 bridgehead atoms. The van der Waals surface area contributed by atoms with Gasteiger partial charge in [-0.25, -0.2) is 0 Å². The van der Waals surface area contributed by atoms with E-state index in [4.69, 9.17) is 4.74 Å². The Labute approximate surface area is 91.9 Å². The summed E-state index contributed by atoms with van der Waals surface area (Å²) in [5.41, 5.74) is 0.848. The quantitative estimate of drug-likeness (QED) is 0.806. The van der Waals surface area contributed by atoms with E-state index < -0.39 is 0 Å². The molecule has 0 amide bonds. The van der Waals surface area contributed by atoms with Crippen molar-refractivity contribution >= 4 is 0 Å². The molecule has 1 rings (SSSR count). The van der Waals surface area contributed by atoms with Gasteiger partial charge in [0.25, 0.3) is 0 Å². The molecule has 0 aliphatic heterocycles. The summed E-state index contributed by atoms with van der Waals surface area (Å²) in [6.07, 6.45) is 0.155. The third kappa shape index (κ3) is 3.15. The standard InChI is InChI=1S/C13H20O2/c1-9(2)15-10-6-7-12(14)11(8-10)13(3,4)5/h6-9,14H,1-5H3. The van der Waals surface area contributed by atoms with Crippen LogP contribution in [-0.2, 0) is 5.41 Å². The molecule has 0 saturated carbocycles. The van der Waals surface area contributed by atoms with Gasteiger partial charge in [0.1, 0.15) is 11.5 Å². The maximum absolute atomic E-state index is 9.75. The van der Waals surface area contributed by atoms with Gasteiger partial charge in [-0.3, -0.25) is 0 Å². The molecule has 0 atom stereocenters. The summed E-state index contributed by atoms with van der Waals surface area (Å²) in [5.74, 6) is 1.14. The molecule has 0 aromatic heterocycles. The Morgan fingerprint density at radius 3 is 2.27 bits per heavy atom. The Hall–Kier alpha value is -1.18. The average Bonchev–Trinajstić information content (AvgIpc) is 2.05. The van der Waals surface area contributed by atoms with Crippen LogP contribution in [0.4, 0.5) is 0 Å². The summed E-state index contributed by atoms with van der Waals surface area (Å²) < 4.78 is 5.59. The number of phenols is 1. The number of hydrogen-bond donors (Lipinski definition) is 1. The fourth-order valence-corrected chi connectivity index (χ4v) is 1.46. The Balaban J connectivity index is 3.06. The number of aromatic hydroxyl groups is 1. The summed E-state index contributed by atoms with van der Waals surface area (Å²) in [7, 11) is 0. The zero-order valence-electron chi connectivity index (χ0n) is 10.2. The van der Waals surface area contributed by atoms with E-state index in [9.17, 15) is 5.11 Å². The zero-order chi connectivity index (χ0) is 11.6. The first-order valence-corrected chi connectivity index (χ1v) is 5.31. The maximum atomic E-state index is 9.75. The van der Waals surface area contributed by atoms with E-state index in [0.717, 1.165) is 11.3 Å². The highest BCUT2D eigenvalue weighted by Gasteiger charge is 2.18. The second-order valence-corrected chi connectivity index (χ2v) is 5.10. The average molecular weight is 208 g/mol. The molecule has 0 fully saturated rings. The molecule has 1 N–H and O–H groups in total. The number of phenolic OH excluding ortho intramolecular Hbond substituents is 1. The second kappa shape index (κ2) is 4.13. The molecule has 0 unspecified atom stereocenters. The lowest BCUT2D eigenvalue weighted by Gasteiger charge is -2.21. The third-order valence-electron chi connectivity index (χ3n) is 2.15. The number of rotatable bonds is 2. The van der Waals surface area contributed by atoms with Crippen LogP contribution in [0.1, 0.15) is 40.2 Å². The minimum atomic E-state index is -0.0690. The van der Waals surface area contributed by atoms with Crippen LogP contribution in [-0.4, -0.2) is 11.2 Å². The molecule has 15 heavy (non-hydrogen) atoms. The van der Waals surface area contributed by atoms with E-state index >= 15 is 0 Å². The first-order chi connectivity index (χ1) is 6.80. The summed E-state index contributed by atoms with van der Waals surface area (Å²) in [5, 5.41) is 9.75. The highest BCUT2D eigenvalue weighted by molar-refractivity contribution is 5.43. The summed E-state index contributed by atoms with van der Waals surface area (Å²) in [6, 6.07) is 5.40. The molecule has 0 saturated heterocycles. The van der Waals surface area contributed by atoms with E-state index in [2.05, 4.69) is 20.8 Å². The Morgan fingerprint density at radius 1 is 1.20 bits per heavy atom. The first kappa shape index (κ1) is 11.9. The molecule has 0 aliphatic carbocycles. The SMILES string of the molecule is CC(C)Oc1ccc(O)c(C(C)(C)C)c1. The van der Waals surface area contributed by atoms with Gasteiger partial charge >= 0.3 is 0 Å². The normalized spacial score (nSPS) is 11.9. The monoisotopic (exact) mass is 208 g/mol. The van der Waals surface area contributed by atoms with Crippen molar-refractivity contribution in [1.82, 2.24) is 0 Å². The Morgan fingerprint density at radius 2 is 1.80 bits per heavy atom. The van der Waals surface area contributed by atoms with Crippen LogP contribution in [0, 0.1) is 0 Å². The van der Waals surface area contributed by atoms with Crippen molar-refractivity contribution < 1.29 is 9.84 Å². The zero-order valence-corrected chi connectivity index (χ0v) is 10.2. The largest absolute Gasteiger partial charge is 0.508 e. The molecule has 1 aromatic carbocycles. The molecule has 1 aromatic rings. The van der Waals surface area contributed by atoms with Crippen molar-refractivity contribution in [3.05, 3.63) is 23.8 Å². The predicted molar refractivity (Wildman–Crippen MR) is 62.6 cm³/mol. The van der Waals surface area contributed by atoms with Crippen LogP contribution in [0.5, 0.6) is 11.5 Å². The molecule has 2 nitrogen and oxygen atoms in total. The second-order valence-electron chi connectivity index (χ2n) is 5.10. The number of benzene rings is 1. The highest BCUT2D eigenvalue weighted by atomic mass is 16.5. The summed E-state index contributed by atoms with van der Waals surface area (Å²) in [6.45, 7) is 10.2. The van der Waals surface area contributed by atoms with E-state index in [-0.39, 0.29) is 11.5 Å². The van der Waals surface area contributed by atoms with Crippen molar-refractivity contribution in [2.75, 3.05) is 0 Å². The summed E-state index contributed by atoms with van der Waals surface area (Å²) >= 11 is 0. The molecule has 0 spiro atoms. The topological polar surface area (TPSA) is 29.5 Å². The Bertz CT molecular complexity index is 335. The molecule has 2 heteroatoms. The number of hydrogen-bond acceptors (Lipinski definition) is 2. The minimum Gasteiger partial charge on any atom is -0.508 e. The Kier molecular flexibility index (Phi) is 3.28. The van der Waals surface area contributed by atoms with Crippen LogP contribution >= 0.6 is 0 Å². The molecule has 0 aliphatic rings. The van der Waals surface area contributed by atoms with Crippen molar-refractivity contribution in [3.63, 3.8) is 0 Å². The minimum absolute atomic E-state index is 0.0690. The van der Waals surface area contributed by atoms with Gasteiger partial charge in [0.05, 0.1) is 6.10 Å². The van der Waals surface area contributed by atoms with Crippen molar-refractivity contribution in [3.8, 4) is 11.5 Å². The van der Waals surface area contributed by atoms with Crippen molar-refractivity contribution in [1.29, 1.82) is 0 Å². The van der Waals surface area contributed by atoms with Gasteiger partial charge in [-0.1, -0.05) is 20.8 Å². The van der Waals surface area contributed by atoms with Gasteiger partial charge in [-0.05, 0) is 37.5 Å². The summed E-state index contributed by atoms with van der Waals surface area (Å²) in [4.78, 5) is 0. The van der Waals surface area contributed by atoms with Gasteiger partial charge in [-0.15, -0.1) is 0 Å². The number of ether oxygens (including phenoxy) is 1.